The number of nitro groups is 1. The van der Waals surface area contributed by atoms with E-state index < -0.39 is 0 Å². The van der Waals surface area contributed by atoms with Crippen molar-refractivity contribution in [2.24, 2.45) is 5.92 Å². The van der Waals surface area contributed by atoms with Crippen LogP contribution in [0.25, 0.3) is 0 Å². The highest BCUT2D eigenvalue weighted by molar-refractivity contribution is 5.43. The van der Waals surface area contributed by atoms with E-state index in [1.165, 1.54) is 6.07 Å². The van der Waals surface area contributed by atoms with E-state index in [2.05, 4.69) is 38.2 Å². The molecule has 1 unspecified atom stereocenters. The van der Waals surface area contributed by atoms with E-state index in [0.29, 0.717) is 30.9 Å². The number of hydrogen-bond acceptors (Lipinski definition) is 5. The summed E-state index contributed by atoms with van der Waals surface area (Å²) in [5.41, 5.74) is 0.916. The molecule has 1 rings (SSSR count). The summed E-state index contributed by atoms with van der Waals surface area (Å²) in [6.45, 7) is 8.26. The van der Waals surface area contributed by atoms with Crippen molar-refractivity contribution in [3.63, 3.8) is 0 Å². The summed E-state index contributed by atoms with van der Waals surface area (Å²) >= 11 is 0. The van der Waals surface area contributed by atoms with Crippen LogP contribution in [0, 0.1) is 16.0 Å². The van der Waals surface area contributed by atoms with Crippen LogP contribution in [-0.2, 0) is 6.54 Å². The van der Waals surface area contributed by atoms with E-state index in [9.17, 15) is 10.1 Å². The van der Waals surface area contributed by atoms with E-state index in [1.54, 1.807) is 12.1 Å². The maximum absolute atomic E-state index is 11.0. The summed E-state index contributed by atoms with van der Waals surface area (Å²) < 4.78 is 5.57. The van der Waals surface area contributed by atoms with Crippen molar-refractivity contribution >= 4 is 5.69 Å². The van der Waals surface area contributed by atoms with Gasteiger partial charge in [-0.3, -0.25) is 10.1 Å². The maximum atomic E-state index is 11.0. The molecule has 130 valence electrons. The molecule has 1 N–H and O–H groups in total. The van der Waals surface area contributed by atoms with Crippen LogP contribution in [-0.4, -0.2) is 43.1 Å². The molecule has 1 aromatic rings. The average Bonchev–Trinajstić information content (AvgIpc) is 2.47. The van der Waals surface area contributed by atoms with Crippen molar-refractivity contribution < 1.29 is 9.66 Å². The number of nitrogens with one attached hydrogen (secondary N) is 1. The summed E-state index contributed by atoms with van der Waals surface area (Å²) in [5, 5.41) is 14.4. The molecule has 0 fully saturated rings. The molecule has 0 spiro atoms. The van der Waals surface area contributed by atoms with Crippen LogP contribution in [0.4, 0.5) is 5.69 Å². The predicted octanol–water partition coefficient (Wildman–Crippen LogP) is 3.06. The van der Waals surface area contributed by atoms with Gasteiger partial charge in [-0.2, -0.15) is 0 Å². The number of ether oxygens (including phenoxy) is 1. The first kappa shape index (κ1) is 19.4. The standard InChI is InChI=1S/C17H29N3O3/c1-6-23-17-8-7-15(20(21)22)10-14(17)11-18-12-16(19(4)5)9-13(2)3/h7-8,10,13,16,18H,6,9,11-12H2,1-5H3. The van der Waals surface area contributed by atoms with Gasteiger partial charge >= 0.3 is 0 Å². The Morgan fingerprint density at radius 3 is 2.57 bits per heavy atom. The van der Waals surface area contributed by atoms with Crippen LogP contribution in [0.15, 0.2) is 18.2 Å². The zero-order valence-corrected chi connectivity index (χ0v) is 14.8. The molecule has 1 aromatic carbocycles. The van der Waals surface area contributed by atoms with Crippen molar-refractivity contribution in [1.29, 1.82) is 0 Å². The Labute approximate surface area is 139 Å². The normalized spacial score (nSPS) is 12.7. The summed E-state index contributed by atoms with van der Waals surface area (Å²) in [5.74, 6) is 1.33. The van der Waals surface area contributed by atoms with Crippen molar-refractivity contribution in [1.82, 2.24) is 10.2 Å². The van der Waals surface area contributed by atoms with E-state index in [-0.39, 0.29) is 10.6 Å². The second-order valence-corrected chi connectivity index (χ2v) is 6.36. The average molecular weight is 323 g/mol. The minimum Gasteiger partial charge on any atom is -0.494 e. The first-order chi connectivity index (χ1) is 10.8. The van der Waals surface area contributed by atoms with Crippen LogP contribution in [0.5, 0.6) is 5.75 Å². The van der Waals surface area contributed by atoms with Crippen LogP contribution < -0.4 is 10.1 Å². The molecule has 23 heavy (non-hydrogen) atoms. The zero-order valence-electron chi connectivity index (χ0n) is 14.8. The molecular formula is C17H29N3O3. The van der Waals surface area contributed by atoms with Gasteiger partial charge in [0.15, 0.2) is 0 Å². The Bertz CT molecular complexity index is 504. The minimum absolute atomic E-state index is 0.0941. The van der Waals surface area contributed by atoms with Crippen molar-refractivity contribution in [2.45, 2.75) is 39.8 Å². The third-order valence-electron chi connectivity index (χ3n) is 3.72. The third kappa shape index (κ3) is 6.54. The fourth-order valence-corrected chi connectivity index (χ4v) is 2.51. The van der Waals surface area contributed by atoms with Crippen molar-refractivity contribution in [2.75, 3.05) is 27.2 Å². The summed E-state index contributed by atoms with van der Waals surface area (Å²) in [7, 11) is 4.15. The zero-order chi connectivity index (χ0) is 17.4. The topological polar surface area (TPSA) is 67.6 Å². The lowest BCUT2D eigenvalue weighted by atomic mass is 10.0. The number of likely N-dealkylation sites (N-methyl/N-ethyl adjacent to an activating group) is 1. The Morgan fingerprint density at radius 1 is 1.35 bits per heavy atom. The van der Waals surface area contributed by atoms with E-state index >= 15 is 0 Å². The smallest absolute Gasteiger partial charge is 0.270 e. The fourth-order valence-electron chi connectivity index (χ4n) is 2.51. The van der Waals surface area contributed by atoms with Crippen molar-refractivity contribution in [3.8, 4) is 5.75 Å². The van der Waals surface area contributed by atoms with Crippen LogP contribution in [0.2, 0.25) is 0 Å². The molecular weight excluding hydrogens is 294 g/mol. The van der Waals surface area contributed by atoms with Gasteiger partial charge in [-0.25, -0.2) is 0 Å². The Kier molecular flexibility index (Phi) is 7.98. The van der Waals surface area contributed by atoms with E-state index in [0.717, 1.165) is 18.5 Å². The molecule has 0 aliphatic heterocycles. The van der Waals surface area contributed by atoms with Gasteiger partial charge in [-0.1, -0.05) is 13.8 Å². The molecule has 0 radical (unpaired) electrons. The molecule has 0 bridgehead atoms. The van der Waals surface area contributed by atoms with E-state index in [1.807, 2.05) is 6.92 Å². The van der Waals surface area contributed by atoms with Crippen LogP contribution in [0.3, 0.4) is 0 Å². The number of rotatable bonds is 10. The number of nitro benzene ring substituents is 1. The highest BCUT2D eigenvalue weighted by Crippen LogP contribution is 2.24. The van der Waals surface area contributed by atoms with Gasteiger partial charge in [0.05, 0.1) is 11.5 Å². The number of hydrogen-bond donors (Lipinski definition) is 1. The predicted molar refractivity (Wildman–Crippen MR) is 92.9 cm³/mol. The molecule has 6 nitrogen and oxygen atoms in total. The number of benzene rings is 1. The minimum atomic E-state index is -0.374. The molecule has 0 heterocycles. The SMILES string of the molecule is CCOc1ccc([N+](=O)[O-])cc1CNCC(CC(C)C)N(C)C. The largest absolute Gasteiger partial charge is 0.494 e. The fraction of sp³-hybridized carbons (Fsp3) is 0.647. The lowest BCUT2D eigenvalue weighted by Crippen LogP contribution is -2.38. The molecule has 0 aliphatic carbocycles. The molecule has 1 atom stereocenters. The molecule has 0 saturated heterocycles. The van der Waals surface area contributed by atoms with Gasteiger partial charge in [0.25, 0.3) is 5.69 Å². The Balaban J connectivity index is 2.74. The Morgan fingerprint density at radius 2 is 2.04 bits per heavy atom. The molecule has 0 aliphatic rings. The molecule has 0 saturated carbocycles. The molecule has 0 aromatic heterocycles. The highest BCUT2D eigenvalue weighted by atomic mass is 16.6. The van der Waals surface area contributed by atoms with Crippen LogP contribution in [0.1, 0.15) is 32.8 Å². The summed E-state index contributed by atoms with van der Waals surface area (Å²) in [6, 6.07) is 5.18. The summed E-state index contributed by atoms with van der Waals surface area (Å²) in [6.07, 6.45) is 1.10. The van der Waals surface area contributed by atoms with Gasteiger partial charge < -0.3 is 15.0 Å². The number of nitrogens with zero attached hydrogens (tertiary/aromatic N) is 2. The molecule has 6 heteroatoms. The Hall–Kier alpha value is -1.66. The lowest BCUT2D eigenvalue weighted by molar-refractivity contribution is -0.384. The van der Waals surface area contributed by atoms with E-state index in [4.69, 9.17) is 4.74 Å². The first-order valence-electron chi connectivity index (χ1n) is 8.12. The monoisotopic (exact) mass is 323 g/mol. The second kappa shape index (κ2) is 9.47. The highest BCUT2D eigenvalue weighted by Gasteiger charge is 2.15. The van der Waals surface area contributed by atoms with Gasteiger partial charge in [0.1, 0.15) is 5.75 Å². The van der Waals surface area contributed by atoms with Gasteiger partial charge in [0.2, 0.25) is 0 Å². The molecule has 0 amide bonds. The van der Waals surface area contributed by atoms with Crippen molar-refractivity contribution in [3.05, 3.63) is 33.9 Å². The maximum Gasteiger partial charge on any atom is 0.270 e. The quantitative estimate of drug-likeness (QED) is 0.529. The first-order valence-corrected chi connectivity index (χ1v) is 8.12. The van der Waals surface area contributed by atoms with Gasteiger partial charge in [-0.05, 0) is 39.4 Å². The third-order valence-corrected chi connectivity index (χ3v) is 3.72. The van der Waals surface area contributed by atoms with Gasteiger partial charge in [0, 0.05) is 36.8 Å². The van der Waals surface area contributed by atoms with Gasteiger partial charge in [-0.15, -0.1) is 0 Å². The lowest BCUT2D eigenvalue weighted by Gasteiger charge is -2.26. The van der Waals surface area contributed by atoms with Crippen LogP contribution >= 0.6 is 0 Å². The number of non-ortho nitro benzene ring substituents is 1. The second-order valence-electron chi connectivity index (χ2n) is 6.36. The summed E-state index contributed by atoms with van der Waals surface area (Å²) in [4.78, 5) is 12.8.